The van der Waals surface area contributed by atoms with Gasteiger partial charge in [0.2, 0.25) is 0 Å². The molecule has 0 aliphatic carbocycles. The van der Waals surface area contributed by atoms with E-state index in [-0.39, 0.29) is 25.3 Å². The summed E-state index contributed by atoms with van der Waals surface area (Å²) in [5.74, 6) is 1.16. The van der Waals surface area contributed by atoms with E-state index >= 15 is 0 Å². The van der Waals surface area contributed by atoms with Crippen LogP contribution in [-0.2, 0) is 19.7 Å². The fourth-order valence-corrected chi connectivity index (χ4v) is 3.79. The summed E-state index contributed by atoms with van der Waals surface area (Å²) in [6.07, 6.45) is 0.378. The number of rotatable bonds is 9. The van der Waals surface area contributed by atoms with Crippen LogP contribution in [0, 0.1) is 0 Å². The van der Waals surface area contributed by atoms with Crippen molar-refractivity contribution in [3.63, 3.8) is 0 Å². The van der Waals surface area contributed by atoms with Gasteiger partial charge in [0.25, 0.3) is 5.56 Å². The number of nitrogens with zero attached hydrogens (tertiary/aromatic N) is 2. The van der Waals surface area contributed by atoms with Crippen LogP contribution in [0.1, 0.15) is 17.5 Å². The second-order valence-electron chi connectivity index (χ2n) is 7.68. The predicted octanol–water partition coefficient (Wildman–Crippen LogP) is 3.18. The Morgan fingerprint density at radius 2 is 1.61 bits per heavy atom. The Labute approximate surface area is 191 Å². The number of para-hydroxylation sites is 1. The van der Waals surface area contributed by atoms with E-state index in [1.807, 2.05) is 42.5 Å². The van der Waals surface area contributed by atoms with Crippen LogP contribution in [0.4, 0.5) is 0 Å². The molecule has 0 amide bonds. The SMILES string of the molecule is COc1ccc(Cn2c(=O)c3cccc(OCc4ccccc4)c3n(CCCO)c2=O)cc1. The molecular formula is C26H26N2O5. The van der Waals surface area contributed by atoms with Gasteiger partial charge in [0.1, 0.15) is 23.6 Å². The van der Waals surface area contributed by atoms with E-state index in [9.17, 15) is 14.7 Å². The van der Waals surface area contributed by atoms with Gasteiger partial charge in [0.15, 0.2) is 0 Å². The molecule has 0 radical (unpaired) electrons. The van der Waals surface area contributed by atoms with E-state index < -0.39 is 5.69 Å². The number of aromatic nitrogens is 2. The summed E-state index contributed by atoms with van der Waals surface area (Å²) in [7, 11) is 1.58. The van der Waals surface area contributed by atoms with Crippen molar-refractivity contribution in [2.75, 3.05) is 13.7 Å². The molecule has 0 atom stereocenters. The lowest BCUT2D eigenvalue weighted by Gasteiger charge is -2.17. The van der Waals surface area contributed by atoms with E-state index in [2.05, 4.69) is 0 Å². The van der Waals surface area contributed by atoms with Crippen LogP contribution in [0.2, 0.25) is 0 Å². The smallest absolute Gasteiger partial charge is 0.331 e. The van der Waals surface area contributed by atoms with Crippen LogP contribution >= 0.6 is 0 Å². The standard InChI is InChI=1S/C26H26N2O5/c1-32-21-13-11-19(12-14-21)17-28-25(30)22-9-5-10-23(33-18-20-7-3-2-4-8-20)24(22)27(26(28)31)15-6-16-29/h2-5,7-14,29H,6,15-18H2,1H3. The first-order chi connectivity index (χ1) is 16.1. The third-order valence-electron chi connectivity index (χ3n) is 5.48. The lowest BCUT2D eigenvalue weighted by molar-refractivity contribution is 0.278. The fourth-order valence-electron chi connectivity index (χ4n) is 3.79. The summed E-state index contributed by atoms with van der Waals surface area (Å²) in [5, 5.41) is 9.79. The van der Waals surface area contributed by atoms with Crippen LogP contribution in [-0.4, -0.2) is 28.0 Å². The van der Waals surface area contributed by atoms with E-state index in [0.29, 0.717) is 35.4 Å². The van der Waals surface area contributed by atoms with Crippen molar-refractivity contribution in [2.24, 2.45) is 0 Å². The van der Waals surface area contributed by atoms with Gasteiger partial charge in [0.05, 0.1) is 19.0 Å². The van der Waals surface area contributed by atoms with Gasteiger partial charge in [0, 0.05) is 13.2 Å². The molecule has 4 aromatic rings. The number of hydrogen-bond donors (Lipinski definition) is 1. The second kappa shape index (κ2) is 10.2. The van der Waals surface area contributed by atoms with Gasteiger partial charge in [-0.25, -0.2) is 4.79 Å². The minimum absolute atomic E-state index is 0.0709. The molecule has 1 aromatic heterocycles. The van der Waals surface area contributed by atoms with Crippen LogP contribution in [0.25, 0.3) is 10.9 Å². The summed E-state index contributed by atoms with van der Waals surface area (Å²) < 4.78 is 14.0. The highest BCUT2D eigenvalue weighted by molar-refractivity contribution is 5.84. The van der Waals surface area contributed by atoms with Crippen molar-refractivity contribution in [2.45, 2.75) is 26.1 Å². The van der Waals surface area contributed by atoms with Crippen LogP contribution < -0.4 is 20.7 Å². The van der Waals surface area contributed by atoms with Crippen molar-refractivity contribution in [3.8, 4) is 11.5 Å². The first kappa shape index (κ1) is 22.4. The van der Waals surface area contributed by atoms with Gasteiger partial charge in [-0.2, -0.15) is 0 Å². The van der Waals surface area contributed by atoms with Crippen LogP contribution in [0.5, 0.6) is 11.5 Å². The molecule has 1 heterocycles. The van der Waals surface area contributed by atoms with Gasteiger partial charge in [-0.3, -0.25) is 13.9 Å². The number of hydrogen-bond acceptors (Lipinski definition) is 5. The highest BCUT2D eigenvalue weighted by atomic mass is 16.5. The van der Waals surface area contributed by atoms with E-state index in [1.165, 1.54) is 9.13 Å². The van der Waals surface area contributed by atoms with E-state index in [1.54, 1.807) is 37.4 Å². The van der Waals surface area contributed by atoms with Crippen LogP contribution in [0.3, 0.4) is 0 Å². The average molecular weight is 447 g/mol. The zero-order chi connectivity index (χ0) is 23.2. The molecule has 170 valence electrons. The number of aliphatic hydroxyl groups excluding tert-OH is 1. The first-order valence-electron chi connectivity index (χ1n) is 10.8. The highest BCUT2D eigenvalue weighted by Crippen LogP contribution is 2.24. The maximum atomic E-state index is 13.4. The zero-order valence-corrected chi connectivity index (χ0v) is 18.4. The van der Waals surface area contributed by atoms with Crippen molar-refractivity contribution in [1.82, 2.24) is 9.13 Å². The topological polar surface area (TPSA) is 82.7 Å². The lowest BCUT2D eigenvalue weighted by Crippen LogP contribution is -2.40. The highest BCUT2D eigenvalue weighted by Gasteiger charge is 2.17. The predicted molar refractivity (Wildman–Crippen MR) is 127 cm³/mol. The number of methoxy groups -OCH3 is 1. The Morgan fingerprint density at radius 3 is 2.30 bits per heavy atom. The van der Waals surface area contributed by atoms with E-state index in [0.717, 1.165) is 11.1 Å². The number of aliphatic hydroxyl groups is 1. The quantitative estimate of drug-likeness (QED) is 0.427. The molecule has 0 saturated heterocycles. The molecule has 0 bridgehead atoms. The summed E-state index contributed by atoms with van der Waals surface area (Å²) in [5.41, 5.74) is 1.41. The molecule has 0 spiro atoms. The third kappa shape index (κ3) is 4.83. The largest absolute Gasteiger partial charge is 0.497 e. The molecule has 1 N–H and O–H groups in total. The van der Waals surface area contributed by atoms with Crippen molar-refractivity contribution in [1.29, 1.82) is 0 Å². The molecular weight excluding hydrogens is 420 g/mol. The van der Waals surface area contributed by atoms with Gasteiger partial charge in [-0.05, 0) is 41.8 Å². The summed E-state index contributed by atoms with van der Waals surface area (Å²) in [4.78, 5) is 26.8. The number of ether oxygens (including phenoxy) is 2. The number of aryl methyl sites for hydroxylation is 1. The average Bonchev–Trinajstić information content (AvgIpc) is 2.86. The second-order valence-corrected chi connectivity index (χ2v) is 7.68. The van der Waals surface area contributed by atoms with Crippen molar-refractivity contribution < 1.29 is 14.6 Å². The van der Waals surface area contributed by atoms with Crippen molar-refractivity contribution >= 4 is 10.9 Å². The van der Waals surface area contributed by atoms with Gasteiger partial charge < -0.3 is 14.6 Å². The summed E-state index contributed by atoms with van der Waals surface area (Å²) >= 11 is 0. The monoisotopic (exact) mass is 446 g/mol. The van der Waals surface area contributed by atoms with Crippen molar-refractivity contribution in [3.05, 3.63) is 105 Å². The summed E-state index contributed by atoms with van der Waals surface area (Å²) in [6, 6.07) is 22.1. The molecule has 7 nitrogen and oxygen atoms in total. The molecule has 0 aliphatic heterocycles. The number of benzene rings is 3. The lowest BCUT2D eigenvalue weighted by atomic mass is 10.2. The minimum Gasteiger partial charge on any atom is -0.497 e. The first-order valence-corrected chi connectivity index (χ1v) is 10.8. The maximum Gasteiger partial charge on any atom is 0.331 e. The zero-order valence-electron chi connectivity index (χ0n) is 18.4. The Bertz CT molecular complexity index is 1340. The summed E-state index contributed by atoms with van der Waals surface area (Å²) in [6.45, 7) is 0.633. The van der Waals surface area contributed by atoms with Gasteiger partial charge in [-0.1, -0.05) is 48.5 Å². The normalized spacial score (nSPS) is 11.0. The van der Waals surface area contributed by atoms with Crippen LogP contribution in [0.15, 0.2) is 82.4 Å². The molecule has 7 heteroatoms. The molecule has 33 heavy (non-hydrogen) atoms. The third-order valence-corrected chi connectivity index (χ3v) is 5.48. The Morgan fingerprint density at radius 1 is 0.848 bits per heavy atom. The molecule has 4 rings (SSSR count). The number of fused-ring (bicyclic) bond motifs is 1. The molecule has 0 aliphatic rings. The Kier molecular flexibility index (Phi) is 6.90. The maximum absolute atomic E-state index is 13.4. The van der Waals surface area contributed by atoms with Gasteiger partial charge in [-0.15, -0.1) is 0 Å². The molecule has 0 fully saturated rings. The Balaban J connectivity index is 1.80. The molecule has 0 saturated carbocycles. The van der Waals surface area contributed by atoms with E-state index in [4.69, 9.17) is 9.47 Å². The minimum atomic E-state index is -0.437. The van der Waals surface area contributed by atoms with Gasteiger partial charge >= 0.3 is 5.69 Å². The molecule has 0 unspecified atom stereocenters. The molecule has 3 aromatic carbocycles. The fraction of sp³-hybridized carbons (Fsp3) is 0.231. The Hall–Kier alpha value is -3.84.